The number of nitrogens with zero attached hydrogens (tertiary/aromatic N) is 1. The number of benzene rings is 2. The molecule has 1 amide bonds. The van der Waals surface area contributed by atoms with E-state index in [0.717, 1.165) is 23.2 Å². The molecule has 0 saturated carbocycles. The molecule has 1 N–H and O–H groups in total. The van der Waals surface area contributed by atoms with Crippen molar-refractivity contribution in [3.63, 3.8) is 0 Å². The summed E-state index contributed by atoms with van der Waals surface area (Å²) in [5.74, 6) is 0.0450. The van der Waals surface area contributed by atoms with Crippen molar-refractivity contribution < 1.29 is 4.79 Å². The second-order valence-corrected chi connectivity index (χ2v) is 6.63. The van der Waals surface area contributed by atoms with Gasteiger partial charge in [-0.1, -0.05) is 35.9 Å². The average molecular weight is 308 g/mol. The maximum atomic E-state index is 12.6. The van der Waals surface area contributed by atoms with Gasteiger partial charge >= 0.3 is 0 Å². The van der Waals surface area contributed by atoms with E-state index >= 15 is 0 Å². The molecule has 120 valence electrons. The summed E-state index contributed by atoms with van der Waals surface area (Å²) in [6.45, 7) is 8.74. The van der Waals surface area contributed by atoms with Gasteiger partial charge in [-0.3, -0.25) is 4.79 Å². The summed E-state index contributed by atoms with van der Waals surface area (Å²) in [5, 5.41) is 3.10. The second-order valence-electron chi connectivity index (χ2n) is 6.63. The molecule has 2 aromatic carbocycles. The lowest BCUT2D eigenvalue weighted by Gasteiger charge is -2.24. The highest BCUT2D eigenvalue weighted by Crippen LogP contribution is 2.31. The minimum Gasteiger partial charge on any atom is -0.359 e. The Hall–Kier alpha value is -2.29. The number of carbonyl (C=O) groups excluding carboxylic acids is 1. The van der Waals surface area contributed by atoms with Gasteiger partial charge in [0.2, 0.25) is 5.91 Å². The van der Waals surface area contributed by atoms with Gasteiger partial charge in [-0.15, -0.1) is 0 Å². The molecule has 1 aliphatic heterocycles. The SMILES string of the molecule is Cc1cc(C)c(NC(=O)CN2c3ccccc3CC2C)c(C)c1. The van der Waals surface area contributed by atoms with Gasteiger partial charge in [0.15, 0.2) is 0 Å². The predicted molar refractivity (Wildman–Crippen MR) is 96.2 cm³/mol. The van der Waals surface area contributed by atoms with Crippen molar-refractivity contribution >= 4 is 17.3 Å². The molecule has 0 spiro atoms. The lowest BCUT2D eigenvalue weighted by molar-refractivity contribution is -0.115. The molecule has 0 aliphatic carbocycles. The van der Waals surface area contributed by atoms with Gasteiger partial charge < -0.3 is 10.2 Å². The molecule has 3 nitrogen and oxygen atoms in total. The summed E-state index contributed by atoms with van der Waals surface area (Å²) >= 11 is 0. The Morgan fingerprint density at radius 2 is 1.83 bits per heavy atom. The standard InChI is InChI=1S/C20H24N2O/c1-13-9-14(2)20(15(3)10-13)21-19(23)12-22-16(4)11-17-7-5-6-8-18(17)22/h5-10,16H,11-12H2,1-4H3,(H,21,23). The number of amides is 1. The van der Waals surface area contributed by atoms with Crippen LogP contribution in [0.4, 0.5) is 11.4 Å². The maximum absolute atomic E-state index is 12.6. The molecule has 0 radical (unpaired) electrons. The van der Waals surface area contributed by atoms with Crippen molar-refractivity contribution in [3.05, 3.63) is 58.7 Å². The minimum atomic E-state index is 0.0450. The molecule has 0 bridgehead atoms. The van der Waals surface area contributed by atoms with Crippen LogP contribution in [0.15, 0.2) is 36.4 Å². The maximum Gasteiger partial charge on any atom is 0.243 e. The van der Waals surface area contributed by atoms with E-state index in [2.05, 4.69) is 54.4 Å². The van der Waals surface area contributed by atoms with E-state index < -0.39 is 0 Å². The first-order chi connectivity index (χ1) is 11.0. The number of rotatable bonds is 3. The highest BCUT2D eigenvalue weighted by Gasteiger charge is 2.27. The third-order valence-corrected chi connectivity index (χ3v) is 4.60. The van der Waals surface area contributed by atoms with Crippen LogP contribution in [-0.4, -0.2) is 18.5 Å². The highest BCUT2D eigenvalue weighted by molar-refractivity contribution is 5.96. The van der Waals surface area contributed by atoms with Crippen molar-refractivity contribution in [2.75, 3.05) is 16.8 Å². The third-order valence-electron chi connectivity index (χ3n) is 4.60. The van der Waals surface area contributed by atoms with E-state index in [0.29, 0.717) is 12.6 Å². The Labute approximate surface area is 138 Å². The summed E-state index contributed by atoms with van der Waals surface area (Å²) < 4.78 is 0. The molecule has 1 atom stereocenters. The Morgan fingerprint density at radius 3 is 2.52 bits per heavy atom. The first kappa shape index (κ1) is 15.6. The second kappa shape index (κ2) is 6.07. The van der Waals surface area contributed by atoms with Crippen LogP contribution >= 0.6 is 0 Å². The van der Waals surface area contributed by atoms with Crippen LogP contribution in [0.2, 0.25) is 0 Å². The van der Waals surface area contributed by atoms with Crippen LogP contribution in [0.5, 0.6) is 0 Å². The van der Waals surface area contributed by atoms with Gasteiger partial charge in [-0.05, 0) is 56.9 Å². The summed E-state index contributed by atoms with van der Waals surface area (Å²) in [5.41, 5.74) is 6.92. The van der Waals surface area contributed by atoms with Crippen LogP contribution in [0.25, 0.3) is 0 Å². The molecule has 1 heterocycles. The minimum absolute atomic E-state index is 0.0450. The number of hydrogen-bond acceptors (Lipinski definition) is 2. The lowest BCUT2D eigenvalue weighted by atomic mass is 10.1. The molecular formula is C20H24N2O. The molecule has 0 fully saturated rings. The van der Waals surface area contributed by atoms with E-state index in [1.165, 1.54) is 16.8 Å². The van der Waals surface area contributed by atoms with Crippen LogP contribution < -0.4 is 10.2 Å². The zero-order valence-electron chi connectivity index (χ0n) is 14.3. The molecule has 0 saturated heterocycles. The van der Waals surface area contributed by atoms with Gasteiger partial charge in [0.25, 0.3) is 0 Å². The summed E-state index contributed by atoms with van der Waals surface area (Å²) in [6, 6.07) is 12.9. The van der Waals surface area contributed by atoms with Gasteiger partial charge in [-0.2, -0.15) is 0 Å². The molecule has 1 aliphatic rings. The molecule has 23 heavy (non-hydrogen) atoms. The number of anilines is 2. The molecule has 0 aromatic heterocycles. The number of fused-ring (bicyclic) bond motifs is 1. The monoisotopic (exact) mass is 308 g/mol. The average Bonchev–Trinajstić information content (AvgIpc) is 2.79. The Kier molecular flexibility index (Phi) is 4.12. The van der Waals surface area contributed by atoms with Crippen LogP contribution in [0.3, 0.4) is 0 Å². The van der Waals surface area contributed by atoms with E-state index in [4.69, 9.17) is 0 Å². The van der Waals surface area contributed by atoms with E-state index in [1.807, 2.05) is 19.9 Å². The van der Waals surface area contributed by atoms with Crippen molar-refractivity contribution in [3.8, 4) is 0 Å². The first-order valence-electron chi connectivity index (χ1n) is 8.18. The predicted octanol–water partition coefficient (Wildman–Crippen LogP) is 4.00. The Morgan fingerprint density at radius 1 is 1.17 bits per heavy atom. The number of hydrogen-bond donors (Lipinski definition) is 1. The van der Waals surface area contributed by atoms with Crippen LogP contribution in [-0.2, 0) is 11.2 Å². The summed E-state index contributed by atoms with van der Waals surface area (Å²) in [7, 11) is 0. The first-order valence-corrected chi connectivity index (χ1v) is 8.18. The zero-order chi connectivity index (χ0) is 16.6. The quantitative estimate of drug-likeness (QED) is 0.929. The molecular weight excluding hydrogens is 284 g/mol. The zero-order valence-corrected chi connectivity index (χ0v) is 14.3. The number of para-hydroxylation sites is 1. The fraction of sp³-hybridized carbons (Fsp3) is 0.350. The fourth-order valence-electron chi connectivity index (χ4n) is 3.58. The largest absolute Gasteiger partial charge is 0.359 e. The van der Waals surface area contributed by atoms with Gasteiger partial charge in [0, 0.05) is 17.4 Å². The number of aryl methyl sites for hydroxylation is 3. The van der Waals surface area contributed by atoms with Crippen LogP contribution in [0, 0.1) is 20.8 Å². The summed E-state index contributed by atoms with van der Waals surface area (Å²) in [6.07, 6.45) is 1.01. The highest BCUT2D eigenvalue weighted by atomic mass is 16.2. The Balaban J connectivity index is 1.76. The fourth-order valence-corrected chi connectivity index (χ4v) is 3.58. The normalized spacial score (nSPS) is 16.3. The van der Waals surface area contributed by atoms with Gasteiger partial charge in [-0.25, -0.2) is 0 Å². The molecule has 2 aromatic rings. The summed E-state index contributed by atoms with van der Waals surface area (Å²) in [4.78, 5) is 14.8. The van der Waals surface area contributed by atoms with Gasteiger partial charge in [0.1, 0.15) is 0 Å². The topological polar surface area (TPSA) is 32.3 Å². The number of carbonyl (C=O) groups is 1. The lowest BCUT2D eigenvalue weighted by Crippen LogP contribution is -2.37. The van der Waals surface area contributed by atoms with Crippen molar-refractivity contribution in [1.29, 1.82) is 0 Å². The van der Waals surface area contributed by atoms with E-state index in [-0.39, 0.29) is 5.91 Å². The smallest absolute Gasteiger partial charge is 0.243 e. The van der Waals surface area contributed by atoms with Crippen molar-refractivity contribution in [2.45, 2.75) is 40.2 Å². The van der Waals surface area contributed by atoms with Crippen LogP contribution in [0.1, 0.15) is 29.2 Å². The van der Waals surface area contributed by atoms with E-state index in [9.17, 15) is 4.79 Å². The van der Waals surface area contributed by atoms with Crippen molar-refractivity contribution in [1.82, 2.24) is 0 Å². The van der Waals surface area contributed by atoms with Crippen molar-refractivity contribution in [2.24, 2.45) is 0 Å². The van der Waals surface area contributed by atoms with E-state index in [1.54, 1.807) is 0 Å². The third kappa shape index (κ3) is 3.09. The number of nitrogens with one attached hydrogen (secondary N) is 1. The van der Waals surface area contributed by atoms with Gasteiger partial charge in [0.05, 0.1) is 6.54 Å². The Bertz CT molecular complexity index is 728. The molecule has 1 unspecified atom stereocenters. The molecule has 3 heteroatoms. The molecule has 3 rings (SSSR count).